The van der Waals surface area contributed by atoms with Gasteiger partial charge in [0, 0.05) is 12.3 Å². The molecule has 0 saturated heterocycles. The number of aryl methyl sites for hydroxylation is 1. The Hall–Kier alpha value is -1.11. The summed E-state index contributed by atoms with van der Waals surface area (Å²) in [7, 11) is 0. The summed E-state index contributed by atoms with van der Waals surface area (Å²) in [5, 5.41) is 0. The Kier molecular flexibility index (Phi) is 4.37. The lowest BCUT2D eigenvalue weighted by atomic mass is 9.98. The van der Waals surface area contributed by atoms with Crippen molar-refractivity contribution in [3.05, 3.63) is 35.9 Å². The molecule has 1 rings (SSSR count). The zero-order chi connectivity index (χ0) is 10.4. The predicted molar refractivity (Wildman–Crippen MR) is 59.2 cm³/mol. The molecule has 1 heteroatoms. The van der Waals surface area contributed by atoms with Gasteiger partial charge in [-0.1, -0.05) is 44.2 Å². The van der Waals surface area contributed by atoms with E-state index in [1.807, 2.05) is 25.1 Å². The number of hydrogen-bond donors (Lipinski definition) is 0. The van der Waals surface area contributed by atoms with E-state index < -0.39 is 0 Å². The quantitative estimate of drug-likeness (QED) is 0.696. The summed E-state index contributed by atoms with van der Waals surface area (Å²) in [6, 6.07) is 10.2. The minimum atomic E-state index is 0.221. The van der Waals surface area contributed by atoms with Crippen molar-refractivity contribution in [2.24, 2.45) is 5.92 Å². The molecule has 1 atom stereocenters. The smallest absolute Gasteiger partial charge is 0.136 e. The maximum Gasteiger partial charge on any atom is 0.136 e. The lowest BCUT2D eigenvalue weighted by Crippen LogP contribution is -2.10. The monoisotopic (exact) mass is 190 g/mol. The zero-order valence-corrected chi connectivity index (χ0v) is 8.99. The van der Waals surface area contributed by atoms with E-state index in [2.05, 4.69) is 19.1 Å². The summed E-state index contributed by atoms with van der Waals surface area (Å²) in [6.07, 6.45) is 2.51. The van der Waals surface area contributed by atoms with Crippen molar-refractivity contribution < 1.29 is 4.79 Å². The second-order valence-electron chi connectivity index (χ2n) is 3.76. The fourth-order valence-electron chi connectivity index (χ4n) is 1.39. The van der Waals surface area contributed by atoms with Crippen LogP contribution in [0, 0.1) is 5.92 Å². The molecule has 14 heavy (non-hydrogen) atoms. The Morgan fingerprint density at radius 3 is 2.50 bits per heavy atom. The normalized spacial score (nSPS) is 12.4. The van der Waals surface area contributed by atoms with Gasteiger partial charge in [-0.3, -0.25) is 4.79 Å². The van der Waals surface area contributed by atoms with Gasteiger partial charge in [-0.2, -0.15) is 0 Å². The molecule has 0 radical (unpaired) electrons. The number of hydrogen-bond acceptors (Lipinski definition) is 1. The van der Waals surface area contributed by atoms with Gasteiger partial charge in [0.25, 0.3) is 0 Å². The number of Topliss-reactive ketones (excluding diaryl/α,β-unsaturated/α-hetero) is 1. The molecule has 1 nitrogen and oxygen atoms in total. The van der Waals surface area contributed by atoms with Crippen LogP contribution >= 0.6 is 0 Å². The van der Waals surface area contributed by atoms with Crippen LogP contribution in [0.5, 0.6) is 0 Å². The molecule has 0 spiro atoms. The lowest BCUT2D eigenvalue weighted by molar-refractivity contribution is -0.122. The first kappa shape index (κ1) is 11.0. The number of carbonyl (C=O) groups is 1. The molecule has 0 aliphatic carbocycles. The van der Waals surface area contributed by atoms with Crippen LogP contribution in [0.15, 0.2) is 30.3 Å². The highest BCUT2D eigenvalue weighted by Crippen LogP contribution is 2.09. The lowest BCUT2D eigenvalue weighted by Gasteiger charge is -2.06. The Morgan fingerprint density at radius 1 is 1.29 bits per heavy atom. The van der Waals surface area contributed by atoms with E-state index in [1.165, 1.54) is 5.56 Å². The topological polar surface area (TPSA) is 17.1 Å². The number of benzene rings is 1. The average molecular weight is 190 g/mol. The van der Waals surface area contributed by atoms with Crippen molar-refractivity contribution in [2.45, 2.75) is 33.1 Å². The molecule has 0 aromatic heterocycles. The van der Waals surface area contributed by atoms with Crippen molar-refractivity contribution >= 4 is 5.78 Å². The van der Waals surface area contributed by atoms with E-state index in [0.717, 1.165) is 12.8 Å². The van der Waals surface area contributed by atoms with Gasteiger partial charge >= 0.3 is 0 Å². The van der Waals surface area contributed by atoms with Crippen LogP contribution in [0.1, 0.15) is 32.3 Å². The fraction of sp³-hybridized carbons (Fsp3) is 0.462. The van der Waals surface area contributed by atoms with E-state index in [9.17, 15) is 4.79 Å². The number of ketones is 1. The second kappa shape index (κ2) is 5.58. The highest BCUT2D eigenvalue weighted by Gasteiger charge is 2.09. The van der Waals surface area contributed by atoms with Gasteiger partial charge in [0.2, 0.25) is 0 Å². The molecule has 0 N–H and O–H groups in total. The van der Waals surface area contributed by atoms with Crippen molar-refractivity contribution in [2.75, 3.05) is 0 Å². The van der Waals surface area contributed by atoms with Crippen LogP contribution in [0.3, 0.4) is 0 Å². The summed E-state index contributed by atoms with van der Waals surface area (Å²) >= 11 is 0. The van der Waals surface area contributed by atoms with E-state index in [4.69, 9.17) is 0 Å². The first-order valence-corrected chi connectivity index (χ1v) is 5.30. The number of carbonyl (C=O) groups excluding carboxylic acids is 1. The molecule has 0 heterocycles. The van der Waals surface area contributed by atoms with E-state index in [1.54, 1.807) is 0 Å². The van der Waals surface area contributed by atoms with Crippen LogP contribution < -0.4 is 0 Å². The molecule has 0 saturated carbocycles. The highest BCUT2D eigenvalue weighted by molar-refractivity contribution is 5.80. The van der Waals surface area contributed by atoms with Gasteiger partial charge in [0.1, 0.15) is 5.78 Å². The van der Waals surface area contributed by atoms with Crippen molar-refractivity contribution in [1.29, 1.82) is 0 Å². The minimum absolute atomic E-state index is 0.221. The van der Waals surface area contributed by atoms with Crippen LogP contribution in [0.4, 0.5) is 0 Å². The molecule has 0 amide bonds. The molecule has 0 bridgehead atoms. The third-order valence-electron chi connectivity index (χ3n) is 2.66. The minimum Gasteiger partial charge on any atom is -0.299 e. The van der Waals surface area contributed by atoms with Gasteiger partial charge in [-0.25, -0.2) is 0 Å². The van der Waals surface area contributed by atoms with Gasteiger partial charge in [-0.15, -0.1) is 0 Å². The molecule has 1 aromatic carbocycles. The van der Waals surface area contributed by atoms with Gasteiger partial charge in [-0.05, 0) is 18.4 Å². The summed E-state index contributed by atoms with van der Waals surface area (Å²) < 4.78 is 0. The largest absolute Gasteiger partial charge is 0.299 e. The van der Waals surface area contributed by atoms with E-state index >= 15 is 0 Å². The van der Waals surface area contributed by atoms with Crippen LogP contribution in [0.2, 0.25) is 0 Å². The summed E-state index contributed by atoms with van der Waals surface area (Å²) in [5.41, 5.74) is 1.25. The van der Waals surface area contributed by atoms with Crippen LogP contribution in [-0.4, -0.2) is 5.78 Å². The van der Waals surface area contributed by atoms with E-state index in [-0.39, 0.29) is 5.92 Å². The first-order valence-electron chi connectivity index (χ1n) is 5.30. The third-order valence-corrected chi connectivity index (χ3v) is 2.66. The standard InChI is InChI=1S/C13H18O/c1-3-11(2)13(14)10-9-12-7-5-4-6-8-12/h4-8,11H,3,9-10H2,1-2H3/t11-/m0/s1. The summed E-state index contributed by atoms with van der Waals surface area (Å²) in [5.74, 6) is 0.607. The molecule has 0 unspecified atom stereocenters. The Bertz CT molecular complexity index is 277. The Balaban J connectivity index is 2.38. The first-order chi connectivity index (χ1) is 6.74. The average Bonchev–Trinajstić information content (AvgIpc) is 2.26. The third kappa shape index (κ3) is 3.33. The zero-order valence-electron chi connectivity index (χ0n) is 8.99. The molecular weight excluding hydrogens is 172 g/mol. The molecule has 76 valence electrons. The van der Waals surface area contributed by atoms with E-state index in [0.29, 0.717) is 12.2 Å². The molecule has 0 fully saturated rings. The molecule has 0 aliphatic heterocycles. The Labute approximate surface area is 86.1 Å². The molecule has 1 aromatic rings. The van der Waals surface area contributed by atoms with Crippen LogP contribution in [-0.2, 0) is 11.2 Å². The highest BCUT2D eigenvalue weighted by atomic mass is 16.1. The fourth-order valence-corrected chi connectivity index (χ4v) is 1.39. The predicted octanol–water partition coefficient (Wildman–Crippen LogP) is 3.23. The van der Waals surface area contributed by atoms with Crippen molar-refractivity contribution in [3.8, 4) is 0 Å². The number of rotatable bonds is 5. The Morgan fingerprint density at radius 2 is 1.93 bits per heavy atom. The summed E-state index contributed by atoms with van der Waals surface area (Å²) in [6.45, 7) is 4.07. The van der Waals surface area contributed by atoms with Crippen molar-refractivity contribution in [3.63, 3.8) is 0 Å². The van der Waals surface area contributed by atoms with Crippen LogP contribution in [0.25, 0.3) is 0 Å². The van der Waals surface area contributed by atoms with Gasteiger partial charge in [0.15, 0.2) is 0 Å². The second-order valence-corrected chi connectivity index (χ2v) is 3.76. The van der Waals surface area contributed by atoms with Crippen molar-refractivity contribution in [1.82, 2.24) is 0 Å². The maximum absolute atomic E-state index is 11.5. The molecular formula is C13H18O. The van der Waals surface area contributed by atoms with Gasteiger partial charge < -0.3 is 0 Å². The maximum atomic E-state index is 11.5. The van der Waals surface area contributed by atoms with Gasteiger partial charge in [0.05, 0.1) is 0 Å². The summed E-state index contributed by atoms with van der Waals surface area (Å²) in [4.78, 5) is 11.5. The molecule has 0 aliphatic rings. The SMILES string of the molecule is CC[C@H](C)C(=O)CCc1ccccc1.